The quantitative estimate of drug-likeness (QED) is 0.635. The molecule has 1 aromatic carbocycles. The Balaban J connectivity index is 2.51. The van der Waals surface area contributed by atoms with Crippen LogP contribution in [0.4, 0.5) is 0 Å². The summed E-state index contributed by atoms with van der Waals surface area (Å²) in [5.41, 5.74) is 1.38. The van der Waals surface area contributed by atoms with Gasteiger partial charge in [0.2, 0.25) is 0 Å². The molecule has 0 aliphatic carbocycles. The highest BCUT2D eigenvalue weighted by atomic mass is 28.2. The summed E-state index contributed by atoms with van der Waals surface area (Å²) in [7, 11) is 0.843. The van der Waals surface area contributed by atoms with Crippen LogP contribution >= 0.6 is 0 Å². The first-order chi connectivity index (χ1) is 5.86. The third-order valence-electron chi connectivity index (χ3n) is 2.09. The van der Waals surface area contributed by atoms with E-state index in [2.05, 4.69) is 31.2 Å². The van der Waals surface area contributed by atoms with Gasteiger partial charge in [0.25, 0.3) is 0 Å². The fraction of sp³-hybridized carbons (Fsp3) is 0.400. The zero-order valence-electron chi connectivity index (χ0n) is 7.79. The van der Waals surface area contributed by atoms with Crippen molar-refractivity contribution in [2.75, 3.05) is 0 Å². The molecule has 66 valence electrons. The lowest BCUT2D eigenvalue weighted by atomic mass is 10.1. The van der Waals surface area contributed by atoms with E-state index in [1.54, 1.807) is 0 Å². The smallest absolute Gasteiger partial charge is 0.146 e. The lowest BCUT2D eigenvalue weighted by Gasteiger charge is -2.12. The molecule has 0 N–H and O–H groups in total. The fourth-order valence-electron chi connectivity index (χ4n) is 1.27. The van der Waals surface area contributed by atoms with Gasteiger partial charge in [-0.25, -0.2) is 0 Å². The predicted octanol–water partition coefficient (Wildman–Crippen LogP) is 1.30. The maximum Gasteiger partial charge on any atom is 0.146 e. The minimum absolute atomic E-state index is 0.430. The number of hydrogen-bond donors (Lipinski definition) is 0. The predicted molar refractivity (Wildman–Crippen MR) is 55.2 cm³/mol. The van der Waals surface area contributed by atoms with Gasteiger partial charge in [-0.05, 0) is 18.4 Å². The van der Waals surface area contributed by atoms with Crippen LogP contribution in [0.15, 0.2) is 30.3 Å². The van der Waals surface area contributed by atoms with Gasteiger partial charge in [0.1, 0.15) is 10.5 Å². The van der Waals surface area contributed by atoms with Crippen LogP contribution in [0.3, 0.4) is 0 Å². The zero-order valence-corrected chi connectivity index (χ0v) is 9.79. The van der Waals surface area contributed by atoms with Gasteiger partial charge in [-0.1, -0.05) is 37.3 Å². The van der Waals surface area contributed by atoms with Gasteiger partial charge in [0.05, 0.1) is 0 Å². The van der Waals surface area contributed by atoms with Crippen molar-refractivity contribution in [3.63, 3.8) is 0 Å². The highest BCUT2D eigenvalue weighted by molar-refractivity contribution is 5.98. The minimum atomic E-state index is 0.430. The summed E-state index contributed by atoms with van der Waals surface area (Å²) in [5, 5.41) is 0. The van der Waals surface area contributed by atoms with E-state index in [-0.39, 0.29) is 0 Å². The molecule has 1 unspecified atom stereocenters. The van der Waals surface area contributed by atoms with Gasteiger partial charge in [-0.2, -0.15) is 0 Å². The Kier molecular flexibility index (Phi) is 4.04. The van der Waals surface area contributed by atoms with Crippen molar-refractivity contribution in [3.05, 3.63) is 35.9 Å². The third-order valence-corrected chi connectivity index (χ3v) is 2.76. The van der Waals surface area contributed by atoms with Crippen LogP contribution in [0, 0.1) is 0 Å². The second-order valence-electron chi connectivity index (χ2n) is 2.96. The molecule has 0 spiro atoms. The van der Waals surface area contributed by atoms with Gasteiger partial charge in [0, 0.05) is 6.10 Å². The molecule has 1 nitrogen and oxygen atoms in total. The molecule has 0 fully saturated rings. The summed E-state index contributed by atoms with van der Waals surface area (Å²) >= 11 is 0. The van der Waals surface area contributed by atoms with Crippen molar-refractivity contribution >= 4 is 10.5 Å². The van der Waals surface area contributed by atoms with Crippen LogP contribution in [0.25, 0.3) is 0 Å². The van der Waals surface area contributed by atoms with Crippen molar-refractivity contribution in [1.82, 2.24) is 0 Å². The van der Waals surface area contributed by atoms with Crippen LogP contribution in [0.2, 0.25) is 0 Å². The van der Waals surface area contributed by atoms with Crippen LogP contribution in [-0.4, -0.2) is 16.6 Å². The van der Waals surface area contributed by atoms with Crippen LogP contribution in [0.1, 0.15) is 18.9 Å². The molecule has 0 saturated heterocycles. The summed E-state index contributed by atoms with van der Waals surface area (Å²) in [5.74, 6) is 0. The molecule has 0 aliphatic heterocycles. The maximum atomic E-state index is 5.44. The fourth-order valence-corrected chi connectivity index (χ4v) is 1.77. The lowest BCUT2D eigenvalue weighted by molar-refractivity contribution is 0.217. The molecular formula is C10H16OSi. The summed E-state index contributed by atoms with van der Waals surface area (Å²) in [6, 6.07) is 10.5. The number of rotatable bonds is 4. The average Bonchev–Trinajstić information content (AvgIpc) is 2.16. The second kappa shape index (κ2) is 5.12. The van der Waals surface area contributed by atoms with E-state index < -0.39 is 0 Å². The van der Waals surface area contributed by atoms with Gasteiger partial charge >= 0.3 is 0 Å². The van der Waals surface area contributed by atoms with E-state index in [1.807, 2.05) is 6.07 Å². The Morgan fingerprint density at radius 2 is 2.00 bits per heavy atom. The topological polar surface area (TPSA) is 9.23 Å². The van der Waals surface area contributed by atoms with E-state index in [0.717, 1.165) is 23.3 Å². The van der Waals surface area contributed by atoms with Crippen LogP contribution in [0.5, 0.6) is 0 Å². The largest absolute Gasteiger partial charge is 0.425 e. The molecule has 1 aromatic rings. The van der Waals surface area contributed by atoms with Crippen molar-refractivity contribution < 1.29 is 4.43 Å². The molecule has 12 heavy (non-hydrogen) atoms. The Hall–Kier alpha value is -0.603. The molecular weight excluding hydrogens is 164 g/mol. The first kappa shape index (κ1) is 9.48. The molecule has 1 rings (SSSR count). The Morgan fingerprint density at radius 1 is 1.33 bits per heavy atom. The molecule has 0 heterocycles. The molecule has 0 saturated carbocycles. The average molecular weight is 180 g/mol. The van der Waals surface area contributed by atoms with E-state index in [0.29, 0.717) is 6.10 Å². The number of benzene rings is 1. The monoisotopic (exact) mass is 180 g/mol. The van der Waals surface area contributed by atoms with Gasteiger partial charge in [-0.3, -0.25) is 0 Å². The molecule has 0 radical (unpaired) electrons. The first-order valence-corrected chi connectivity index (χ1v) is 5.25. The van der Waals surface area contributed by atoms with Gasteiger partial charge < -0.3 is 4.43 Å². The van der Waals surface area contributed by atoms with Crippen molar-refractivity contribution in [2.45, 2.75) is 25.9 Å². The van der Waals surface area contributed by atoms with E-state index >= 15 is 0 Å². The van der Waals surface area contributed by atoms with Gasteiger partial charge in [-0.15, -0.1) is 0 Å². The minimum Gasteiger partial charge on any atom is -0.425 e. The summed E-state index contributed by atoms with van der Waals surface area (Å²) in [6.45, 7) is 2.17. The van der Waals surface area contributed by atoms with Crippen LogP contribution < -0.4 is 0 Å². The summed E-state index contributed by atoms with van der Waals surface area (Å²) < 4.78 is 5.44. The summed E-state index contributed by atoms with van der Waals surface area (Å²) in [6.07, 6.45) is 2.60. The Bertz CT molecular complexity index is 206. The molecule has 0 aliphatic rings. The van der Waals surface area contributed by atoms with Crippen molar-refractivity contribution in [2.24, 2.45) is 0 Å². The lowest BCUT2D eigenvalue weighted by Crippen LogP contribution is -2.12. The van der Waals surface area contributed by atoms with E-state index in [1.165, 1.54) is 5.56 Å². The highest BCUT2D eigenvalue weighted by Crippen LogP contribution is 2.07. The van der Waals surface area contributed by atoms with E-state index in [4.69, 9.17) is 4.43 Å². The zero-order chi connectivity index (χ0) is 8.81. The van der Waals surface area contributed by atoms with Crippen molar-refractivity contribution in [3.8, 4) is 0 Å². The Labute approximate surface area is 77.3 Å². The Morgan fingerprint density at radius 3 is 2.50 bits per heavy atom. The summed E-state index contributed by atoms with van der Waals surface area (Å²) in [4.78, 5) is 0. The normalized spacial score (nSPS) is 13.1. The van der Waals surface area contributed by atoms with E-state index in [9.17, 15) is 0 Å². The SMILES string of the molecule is CCC(Cc1ccccc1)O[SiH3]. The molecule has 0 amide bonds. The molecule has 0 aromatic heterocycles. The first-order valence-electron chi connectivity index (χ1n) is 4.43. The molecule has 2 heteroatoms. The third kappa shape index (κ3) is 2.79. The molecule has 1 atom stereocenters. The maximum absolute atomic E-state index is 5.44. The number of hydrogen-bond acceptors (Lipinski definition) is 1. The molecule has 0 bridgehead atoms. The second-order valence-corrected chi connectivity index (χ2v) is 3.43. The standard InChI is InChI=1S/C10H16OSi/c1-2-10(11-12)8-9-6-4-3-5-7-9/h3-7,10H,2,8H2,1,12H3. The van der Waals surface area contributed by atoms with Gasteiger partial charge in [0.15, 0.2) is 0 Å². The van der Waals surface area contributed by atoms with Crippen LogP contribution in [-0.2, 0) is 10.8 Å². The van der Waals surface area contributed by atoms with Crippen molar-refractivity contribution in [1.29, 1.82) is 0 Å². The highest BCUT2D eigenvalue weighted by Gasteiger charge is 2.03.